The molecule has 0 radical (unpaired) electrons. The van der Waals surface area contributed by atoms with Crippen LogP contribution in [0.15, 0.2) is 279 Å². The molecule has 360 valence electrons. The average molecular weight is 985 g/mol. The molecule has 4 aliphatic rings. The summed E-state index contributed by atoms with van der Waals surface area (Å²) in [5, 5.41) is 4.94. The zero-order valence-electron chi connectivity index (χ0n) is 42.7. The van der Waals surface area contributed by atoms with Gasteiger partial charge in [-0.2, -0.15) is 0 Å². The molecule has 0 unspecified atom stereocenters. The van der Waals surface area contributed by atoms with Crippen molar-refractivity contribution in [3.05, 3.63) is 335 Å². The molecule has 17 rings (SSSR count). The number of hydrogen-bond acceptors (Lipinski definition) is 0. The second-order valence-corrected chi connectivity index (χ2v) is 21.8. The van der Waals surface area contributed by atoms with Crippen molar-refractivity contribution in [2.45, 2.75) is 10.8 Å². The lowest BCUT2D eigenvalue weighted by atomic mass is 9.70. The van der Waals surface area contributed by atoms with Crippen molar-refractivity contribution in [2.24, 2.45) is 0 Å². The molecular weight excluding hydrogens is 937 g/mol. The van der Waals surface area contributed by atoms with Crippen LogP contribution >= 0.6 is 0 Å². The van der Waals surface area contributed by atoms with Crippen LogP contribution in [0.2, 0.25) is 0 Å². The van der Waals surface area contributed by atoms with Gasteiger partial charge in [0.05, 0.1) is 10.8 Å². The second-order valence-electron chi connectivity index (χ2n) is 21.8. The van der Waals surface area contributed by atoms with Crippen LogP contribution in [0.25, 0.3) is 112 Å². The standard InChI is InChI=1S/C78H48/c1-7-19-69-61(13-1)62-14-2-8-20-70(62)77(69)73-23-11-5-17-65(73)67-47-59(39-41-75(67)77)52-33-31-51(32-34-52)55-37-35-53-43-49(27-29-56(53)45-55)25-26-50-28-30-57-46-58(38-36-54(57)44-50)60-40-42-76-68(48-60)66-18-6-12-24-74(66)78(76)71-21-9-3-15-63(71)64-16-4-10-22-72(64)78/h1-48H. The Bertz CT molecular complexity index is 4640. The SMILES string of the molecule is C(=Cc1ccc2cc(-c3ccc4c(c3)-c3ccccc3C43c4ccccc4-c4ccccc43)ccc2c1)c1ccc2cc(-c3ccc(-c4ccc5c(c4)-c4ccccc4C54c5ccccc5-c5ccccc54)cc3)ccc2c1. The molecule has 0 heterocycles. The molecule has 13 aromatic rings. The molecule has 0 fully saturated rings. The first-order chi connectivity index (χ1) is 38.6. The Hall–Kier alpha value is -9.88. The molecule has 0 atom stereocenters. The van der Waals surface area contributed by atoms with Crippen LogP contribution in [0.3, 0.4) is 0 Å². The second kappa shape index (κ2) is 16.3. The van der Waals surface area contributed by atoms with Gasteiger partial charge in [0.1, 0.15) is 0 Å². The quantitative estimate of drug-likeness (QED) is 0.151. The zero-order chi connectivity index (χ0) is 51.1. The normalized spacial score (nSPS) is 14.1. The van der Waals surface area contributed by atoms with Gasteiger partial charge in [0.2, 0.25) is 0 Å². The van der Waals surface area contributed by atoms with Crippen LogP contribution in [0.4, 0.5) is 0 Å². The summed E-state index contributed by atoms with van der Waals surface area (Å²) >= 11 is 0. The third kappa shape index (κ3) is 5.95. The highest BCUT2D eigenvalue weighted by Crippen LogP contribution is 2.64. The van der Waals surface area contributed by atoms with E-state index < -0.39 is 0 Å². The minimum absolute atomic E-state index is 0.317. The maximum atomic E-state index is 2.43. The number of hydrogen-bond donors (Lipinski definition) is 0. The van der Waals surface area contributed by atoms with Crippen LogP contribution in [0, 0.1) is 0 Å². The molecule has 13 aromatic carbocycles. The van der Waals surface area contributed by atoms with Crippen LogP contribution in [0.5, 0.6) is 0 Å². The molecule has 0 amide bonds. The van der Waals surface area contributed by atoms with Gasteiger partial charge >= 0.3 is 0 Å². The van der Waals surface area contributed by atoms with Gasteiger partial charge in [-0.05, 0) is 191 Å². The van der Waals surface area contributed by atoms with Crippen molar-refractivity contribution >= 4 is 33.7 Å². The lowest BCUT2D eigenvalue weighted by Crippen LogP contribution is -2.25. The Morgan fingerprint density at radius 1 is 0.179 bits per heavy atom. The van der Waals surface area contributed by atoms with E-state index in [1.165, 1.54) is 155 Å². The minimum Gasteiger partial charge on any atom is -0.0619 e. The van der Waals surface area contributed by atoms with Gasteiger partial charge in [-0.25, -0.2) is 0 Å². The smallest absolute Gasteiger partial charge is 0.0619 e. The largest absolute Gasteiger partial charge is 0.0725 e. The van der Waals surface area contributed by atoms with Crippen LogP contribution in [-0.2, 0) is 10.8 Å². The van der Waals surface area contributed by atoms with Gasteiger partial charge in [-0.15, -0.1) is 0 Å². The topological polar surface area (TPSA) is 0 Å². The predicted octanol–water partition coefficient (Wildman–Crippen LogP) is 19.9. The summed E-state index contributed by atoms with van der Waals surface area (Å²) < 4.78 is 0. The number of rotatable bonds is 5. The van der Waals surface area contributed by atoms with E-state index in [0.717, 1.165) is 0 Å². The first-order valence-corrected chi connectivity index (χ1v) is 27.4. The number of benzene rings is 13. The fraction of sp³-hybridized carbons (Fsp3) is 0.0256. The predicted molar refractivity (Wildman–Crippen MR) is 326 cm³/mol. The Labute approximate surface area is 454 Å². The summed E-state index contributed by atoms with van der Waals surface area (Å²) in [6, 6.07) is 105. The van der Waals surface area contributed by atoms with Gasteiger partial charge in [-0.1, -0.05) is 255 Å². The highest BCUT2D eigenvalue weighted by Gasteiger charge is 2.53. The van der Waals surface area contributed by atoms with Gasteiger partial charge in [0, 0.05) is 0 Å². The monoisotopic (exact) mass is 984 g/mol. The van der Waals surface area contributed by atoms with E-state index in [9.17, 15) is 0 Å². The van der Waals surface area contributed by atoms with Crippen molar-refractivity contribution in [3.8, 4) is 77.9 Å². The van der Waals surface area contributed by atoms with E-state index in [4.69, 9.17) is 0 Å². The van der Waals surface area contributed by atoms with Crippen molar-refractivity contribution in [3.63, 3.8) is 0 Å². The minimum atomic E-state index is -0.320. The van der Waals surface area contributed by atoms with Crippen LogP contribution in [-0.4, -0.2) is 0 Å². The summed E-state index contributed by atoms with van der Waals surface area (Å²) in [5.74, 6) is 0. The molecule has 0 nitrogen and oxygen atoms in total. The summed E-state index contributed by atoms with van der Waals surface area (Å²) in [7, 11) is 0. The molecule has 0 saturated heterocycles. The Morgan fingerprint density at radius 3 is 0.795 bits per heavy atom. The maximum absolute atomic E-state index is 2.43. The highest BCUT2D eigenvalue weighted by molar-refractivity contribution is 5.99. The van der Waals surface area contributed by atoms with Crippen molar-refractivity contribution in [1.29, 1.82) is 0 Å². The van der Waals surface area contributed by atoms with E-state index in [2.05, 4.69) is 291 Å². The van der Waals surface area contributed by atoms with Gasteiger partial charge < -0.3 is 0 Å². The average Bonchev–Trinajstić information content (AvgIpc) is 3.92. The maximum Gasteiger partial charge on any atom is 0.0725 e. The van der Waals surface area contributed by atoms with Gasteiger partial charge in [0.15, 0.2) is 0 Å². The Balaban J connectivity index is 0.623. The molecular formula is C78H48. The van der Waals surface area contributed by atoms with Crippen LogP contribution < -0.4 is 0 Å². The van der Waals surface area contributed by atoms with E-state index in [0.29, 0.717) is 0 Å². The summed E-state index contributed by atoms with van der Waals surface area (Å²) in [4.78, 5) is 0. The molecule has 0 aromatic heterocycles. The highest BCUT2D eigenvalue weighted by atomic mass is 14.5. The van der Waals surface area contributed by atoms with Gasteiger partial charge in [-0.3, -0.25) is 0 Å². The van der Waals surface area contributed by atoms with E-state index in [-0.39, 0.29) is 10.8 Å². The fourth-order valence-corrected chi connectivity index (χ4v) is 14.7. The van der Waals surface area contributed by atoms with Crippen molar-refractivity contribution < 1.29 is 0 Å². The molecule has 0 saturated carbocycles. The first kappa shape index (κ1) is 43.4. The van der Waals surface area contributed by atoms with E-state index >= 15 is 0 Å². The molecule has 0 aliphatic heterocycles. The molecule has 0 heteroatoms. The Kier molecular flexibility index (Phi) is 9.07. The molecule has 78 heavy (non-hydrogen) atoms. The van der Waals surface area contributed by atoms with Crippen molar-refractivity contribution in [2.75, 3.05) is 0 Å². The van der Waals surface area contributed by atoms with Crippen molar-refractivity contribution in [1.82, 2.24) is 0 Å². The third-order valence-corrected chi connectivity index (χ3v) is 18.1. The molecule has 0 bridgehead atoms. The lowest BCUT2D eigenvalue weighted by Gasteiger charge is -2.30. The molecule has 4 aliphatic carbocycles. The summed E-state index contributed by atoms with van der Waals surface area (Å²) in [6.45, 7) is 0. The molecule has 2 spiro atoms. The van der Waals surface area contributed by atoms with E-state index in [1.807, 2.05) is 0 Å². The zero-order valence-corrected chi connectivity index (χ0v) is 42.7. The third-order valence-electron chi connectivity index (χ3n) is 18.1. The summed E-state index contributed by atoms with van der Waals surface area (Å²) in [5.41, 5.74) is 30.7. The summed E-state index contributed by atoms with van der Waals surface area (Å²) in [6.07, 6.45) is 4.48. The number of fused-ring (bicyclic) bond motifs is 22. The van der Waals surface area contributed by atoms with Crippen LogP contribution in [0.1, 0.15) is 55.6 Å². The lowest BCUT2D eigenvalue weighted by molar-refractivity contribution is 0.794. The first-order valence-electron chi connectivity index (χ1n) is 27.4. The molecule has 0 N–H and O–H groups in total. The fourth-order valence-electron chi connectivity index (χ4n) is 14.7. The van der Waals surface area contributed by atoms with E-state index in [1.54, 1.807) is 0 Å². The Morgan fingerprint density at radius 2 is 0.423 bits per heavy atom. The van der Waals surface area contributed by atoms with Gasteiger partial charge in [0.25, 0.3) is 0 Å².